The van der Waals surface area contributed by atoms with Gasteiger partial charge in [-0.25, -0.2) is 5.73 Å². The van der Waals surface area contributed by atoms with Crippen LogP contribution in [0.1, 0.15) is 71.1 Å². The van der Waals surface area contributed by atoms with Gasteiger partial charge in [-0.15, -0.1) is 29.6 Å². The molecule has 1 aromatic carbocycles. The van der Waals surface area contributed by atoms with Crippen LogP contribution in [0.5, 0.6) is 0 Å². The van der Waals surface area contributed by atoms with Crippen molar-refractivity contribution < 1.29 is 17.1 Å². The molecule has 0 bridgehead atoms. The topological polar surface area (TPSA) is 0 Å². The van der Waals surface area contributed by atoms with E-state index in [9.17, 15) is 0 Å². The molecule has 1 aromatic rings. The Kier molecular flexibility index (Phi) is 12.3. The Hall–Kier alpha value is -1.71. The number of hydrogen-bond donors (Lipinski definition) is 0. The van der Waals surface area contributed by atoms with Crippen molar-refractivity contribution in [2.24, 2.45) is 0 Å². The maximum Gasteiger partial charge on any atom is 2.00 e. The van der Waals surface area contributed by atoms with E-state index in [4.69, 9.17) is 0 Å². The summed E-state index contributed by atoms with van der Waals surface area (Å²) in [6.07, 6.45) is 35.6. The van der Waals surface area contributed by atoms with Crippen LogP contribution in [-0.2, 0) is 17.1 Å². The van der Waals surface area contributed by atoms with E-state index in [-0.39, 0.29) is 25.0 Å². The molecule has 6 rings (SSSR count). The molecule has 2 radical (unpaired) electrons. The first-order chi connectivity index (χ1) is 18.8. The SMILES string of the molecule is C[C@@H](C1=C=CC=C1P(C1CCCCC1)C1CCCCC1)P(C1=C[CH]C=C[CH-]1)c1ccccc1.[C]1=C=C=C=[C-]1.[Fe+2]. The van der Waals surface area contributed by atoms with Crippen molar-refractivity contribution in [3.05, 3.63) is 125 Å². The Morgan fingerprint density at radius 3 is 2.13 bits per heavy atom. The molecular weight excluding hydrogens is 550 g/mol. The van der Waals surface area contributed by atoms with E-state index in [2.05, 4.69) is 116 Å². The molecule has 0 N–H and O–H groups in total. The third-order valence-corrected chi connectivity index (χ3v) is 14.5. The molecule has 2 fully saturated rings. The monoisotopic (exact) mass is 588 g/mol. The summed E-state index contributed by atoms with van der Waals surface area (Å²) in [5, 5.41) is 4.72. The van der Waals surface area contributed by atoms with Crippen molar-refractivity contribution in [3.8, 4) is 0 Å². The maximum atomic E-state index is 3.82. The van der Waals surface area contributed by atoms with E-state index >= 15 is 0 Å². The standard InChI is InChI=1S/C31H38P2.C5.Fe/c1-25(32(26-15-6-2-7-16-26)27-17-8-3-9-18-27)30-23-14-24-31(30)33(28-19-10-4-11-20-28)29-21-12-5-13-22-29;1-2-4-5-3-1;/h2-3,6-9,14-18,24-25,28-29H,4-5,10-13,19-22H2,1H3;;/q2*-1;+2/t25-;;/m0../s1. The zero-order chi connectivity index (χ0) is 26.0. The van der Waals surface area contributed by atoms with Crippen molar-refractivity contribution in [2.45, 2.75) is 88.1 Å². The van der Waals surface area contributed by atoms with E-state index < -0.39 is 7.92 Å². The summed E-state index contributed by atoms with van der Waals surface area (Å²) in [5.41, 5.74) is 15.2. The minimum absolute atomic E-state index is 0. The van der Waals surface area contributed by atoms with E-state index in [1.54, 1.807) is 10.9 Å². The van der Waals surface area contributed by atoms with E-state index in [1.165, 1.54) is 74.8 Å². The molecule has 0 saturated heterocycles. The van der Waals surface area contributed by atoms with Crippen molar-refractivity contribution in [1.29, 1.82) is 0 Å². The predicted molar refractivity (Wildman–Crippen MR) is 166 cm³/mol. The predicted octanol–water partition coefficient (Wildman–Crippen LogP) is 9.80. The van der Waals surface area contributed by atoms with Gasteiger partial charge in [0.25, 0.3) is 0 Å². The van der Waals surface area contributed by atoms with Gasteiger partial charge in [0.1, 0.15) is 0 Å². The van der Waals surface area contributed by atoms with Gasteiger partial charge in [-0.1, -0.05) is 91.6 Å². The van der Waals surface area contributed by atoms with Crippen LogP contribution in [0.3, 0.4) is 0 Å². The molecule has 0 spiro atoms. The molecule has 0 amide bonds. The maximum absolute atomic E-state index is 3.82. The Morgan fingerprint density at radius 1 is 0.897 bits per heavy atom. The molecule has 0 heterocycles. The normalized spacial score (nSPS) is 21.4. The molecule has 200 valence electrons. The van der Waals surface area contributed by atoms with Gasteiger partial charge in [-0.05, 0) is 59.8 Å². The van der Waals surface area contributed by atoms with E-state index in [0.29, 0.717) is 5.66 Å². The summed E-state index contributed by atoms with van der Waals surface area (Å²) in [5.74, 6) is 0. The average molecular weight is 588 g/mol. The van der Waals surface area contributed by atoms with Crippen LogP contribution in [0, 0.1) is 25.0 Å². The Morgan fingerprint density at radius 2 is 1.59 bits per heavy atom. The zero-order valence-corrected chi connectivity index (χ0v) is 25.9. The third-order valence-electron chi connectivity index (χ3n) is 8.16. The van der Waals surface area contributed by atoms with Gasteiger partial charge in [0.15, 0.2) is 0 Å². The van der Waals surface area contributed by atoms with Gasteiger partial charge in [-0.2, -0.15) is 24.6 Å². The molecule has 0 aliphatic heterocycles. The van der Waals surface area contributed by atoms with Gasteiger partial charge in [0, 0.05) is 11.2 Å². The first-order valence-electron chi connectivity index (χ1n) is 14.4. The largest absolute Gasteiger partial charge is 2.00 e. The average Bonchev–Trinajstić information content (AvgIpc) is 3.72. The Bertz CT molecular complexity index is 1210. The van der Waals surface area contributed by atoms with Crippen molar-refractivity contribution in [1.82, 2.24) is 0 Å². The minimum Gasteiger partial charge on any atom is -0.288 e. The summed E-state index contributed by atoms with van der Waals surface area (Å²) in [4.78, 5) is 0. The second kappa shape index (κ2) is 15.9. The zero-order valence-electron chi connectivity index (χ0n) is 23.0. The van der Waals surface area contributed by atoms with Crippen LogP contribution in [0.15, 0.2) is 99.8 Å². The Balaban J connectivity index is 0.000000530. The summed E-state index contributed by atoms with van der Waals surface area (Å²) in [6.45, 7) is 2.50. The third kappa shape index (κ3) is 7.94. The molecule has 0 nitrogen and oxygen atoms in total. The summed E-state index contributed by atoms with van der Waals surface area (Å²) in [6, 6.07) is 11.3. The fourth-order valence-corrected chi connectivity index (χ4v) is 13.2. The summed E-state index contributed by atoms with van der Waals surface area (Å²) in [7, 11) is -0.551. The molecule has 5 aliphatic carbocycles. The fraction of sp³-hybridized carbons (Fsp3) is 0.389. The van der Waals surface area contributed by atoms with Crippen LogP contribution in [0.2, 0.25) is 0 Å². The first kappa shape index (κ1) is 30.3. The van der Waals surface area contributed by atoms with Crippen molar-refractivity contribution >= 4 is 21.1 Å². The molecule has 1 unspecified atom stereocenters. The van der Waals surface area contributed by atoms with Gasteiger partial charge >= 0.3 is 17.1 Å². The van der Waals surface area contributed by atoms with Crippen molar-refractivity contribution in [3.63, 3.8) is 0 Å². The van der Waals surface area contributed by atoms with E-state index in [0.717, 1.165) is 11.3 Å². The second-order valence-electron chi connectivity index (χ2n) is 10.6. The van der Waals surface area contributed by atoms with Crippen LogP contribution in [0.4, 0.5) is 0 Å². The molecule has 5 aliphatic rings. The number of benzene rings is 1. The quantitative estimate of drug-likeness (QED) is 0.129. The van der Waals surface area contributed by atoms with Crippen molar-refractivity contribution in [2.75, 3.05) is 0 Å². The molecule has 2 atom stereocenters. The number of allylic oxidation sites excluding steroid dienone is 9. The summed E-state index contributed by atoms with van der Waals surface area (Å²) >= 11 is 0. The second-order valence-corrected chi connectivity index (χ2v) is 15.9. The van der Waals surface area contributed by atoms with E-state index in [1.807, 2.05) is 0 Å². The molecular formula is C36H38FeP2. The van der Waals surface area contributed by atoms with Crippen LogP contribution < -0.4 is 5.30 Å². The number of rotatable bonds is 7. The van der Waals surface area contributed by atoms with Gasteiger partial charge < -0.3 is 0 Å². The van der Waals surface area contributed by atoms with Crippen LogP contribution in [0.25, 0.3) is 0 Å². The first-order valence-corrected chi connectivity index (χ1v) is 17.3. The van der Waals surface area contributed by atoms with Gasteiger partial charge in [0.2, 0.25) is 0 Å². The minimum atomic E-state index is -0.459. The van der Waals surface area contributed by atoms with Gasteiger partial charge in [-0.3, -0.25) is 11.5 Å². The van der Waals surface area contributed by atoms with Crippen LogP contribution in [-0.4, -0.2) is 17.0 Å². The molecule has 2 saturated carbocycles. The smallest absolute Gasteiger partial charge is 0.288 e. The number of hydrogen-bond acceptors (Lipinski definition) is 0. The van der Waals surface area contributed by atoms with Crippen LogP contribution >= 0.6 is 15.8 Å². The fourth-order valence-electron chi connectivity index (χ4n) is 6.40. The Labute approximate surface area is 250 Å². The molecule has 39 heavy (non-hydrogen) atoms. The molecule has 3 heteroatoms. The van der Waals surface area contributed by atoms with Gasteiger partial charge in [0.05, 0.1) is 0 Å². The molecule has 0 aromatic heterocycles. The summed E-state index contributed by atoms with van der Waals surface area (Å²) < 4.78 is 0.